The Labute approximate surface area is 169 Å². The first kappa shape index (κ1) is 20.1. The SMILES string of the molecule is Cc1cnn(CCCNC(=O)c2cccc(COc3ccccc3C(N)=O)c2)c1. The van der Waals surface area contributed by atoms with Crippen LogP contribution in [0.1, 0.15) is 38.3 Å². The van der Waals surface area contributed by atoms with Gasteiger partial charge in [-0.25, -0.2) is 0 Å². The topological polar surface area (TPSA) is 99.2 Å². The first-order valence-electron chi connectivity index (χ1n) is 9.41. The maximum absolute atomic E-state index is 12.4. The summed E-state index contributed by atoms with van der Waals surface area (Å²) in [4.78, 5) is 23.9. The molecule has 3 rings (SSSR count). The fourth-order valence-corrected chi connectivity index (χ4v) is 2.89. The third-order valence-electron chi connectivity index (χ3n) is 4.35. The Morgan fingerprint density at radius 1 is 1.17 bits per heavy atom. The molecule has 1 heterocycles. The Morgan fingerprint density at radius 3 is 2.76 bits per heavy atom. The number of nitrogens with two attached hydrogens (primary N) is 1. The number of nitrogens with zero attached hydrogens (tertiary/aromatic N) is 2. The van der Waals surface area contributed by atoms with Gasteiger partial charge in [-0.2, -0.15) is 5.10 Å². The van der Waals surface area contributed by atoms with Gasteiger partial charge in [0.2, 0.25) is 0 Å². The minimum atomic E-state index is -0.543. The third kappa shape index (κ3) is 5.68. The predicted molar refractivity (Wildman–Crippen MR) is 110 cm³/mol. The van der Waals surface area contributed by atoms with Gasteiger partial charge in [0.25, 0.3) is 11.8 Å². The van der Waals surface area contributed by atoms with Gasteiger partial charge in [0.15, 0.2) is 0 Å². The second-order valence-electron chi connectivity index (χ2n) is 6.74. The standard InChI is InChI=1S/C22H24N4O3/c1-16-13-25-26(14-16)11-5-10-24-22(28)18-7-4-6-17(12-18)15-29-20-9-3-2-8-19(20)21(23)27/h2-4,6-9,12-14H,5,10-11,15H2,1H3,(H2,23,27)(H,24,28). The summed E-state index contributed by atoms with van der Waals surface area (Å²) < 4.78 is 7.59. The average molecular weight is 392 g/mol. The molecular weight excluding hydrogens is 368 g/mol. The molecule has 150 valence electrons. The van der Waals surface area contributed by atoms with Gasteiger partial charge in [-0.15, -0.1) is 0 Å². The van der Waals surface area contributed by atoms with Crippen molar-refractivity contribution in [3.8, 4) is 5.75 Å². The number of rotatable bonds is 9. The molecule has 0 bridgehead atoms. The van der Waals surface area contributed by atoms with Crippen LogP contribution in [-0.2, 0) is 13.2 Å². The first-order valence-corrected chi connectivity index (χ1v) is 9.41. The highest BCUT2D eigenvalue weighted by Gasteiger charge is 2.10. The summed E-state index contributed by atoms with van der Waals surface area (Å²) in [5.41, 5.74) is 8.19. The van der Waals surface area contributed by atoms with Crippen molar-refractivity contribution >= 4 is 11.8 Å². The normalized spacial score (nSPS) is 10.5. The van der Waals surface area contributed by atoms with Crippen molar-refractivity contribution in [2.24, 2.45) is 5.73 Å². The molecule has 0 saturated heterocycles. The quantitative estimate of drug-likeness (QED) is 0.547. The van der Waals surface area contributed by atoms with E-state index < -0.39 is 5.91 Å². The summed E-state index contributed by atoms with van der Waals surface area (Å²) in [6, 6.07) is 14.0. The Hall–Kier alpha value is -3.61. The van der Waals surface area contributed by atoms with E-state index in [4.69, 9.17) is 10.5 Å². The van der Waals surface area contributed by atoms with E-state index in [0.717, 1.165) is 24.1 Å². The molecule has 0 saturated carbocycles. The number of nitrogens with one attached hydrogen (secondary N) is 1. The Kier molecular flexibility index (Phi) is 6.63. The molecule has 3 aromatic rings. The minimum absolute atomic E-state index is 0.138. The molecule has 0 fully saturated rings. The molecule has 0 unspecified atom stereocenters. The highest BCUT2D eigenvalue weighted by molar-refractivity contribution is 5.95. The van der Waals surface area contributed by atoms with Crippen LogP contribution in [-0.4, -0.2) is 28.1 Å². The van der Waals surface area contributed by atoms with Crippen LogP contribution in [0, 0.1) is 6.92 Å². The van der Waals surface area contributed by atoms with E-state index in [1.54, 1.807) is 42.5 Å². The van der Waals surface area contributed by atoms with E-state index in [1.165, 1.54) is 0 Å². The molecule has 0 spiro atoms. The monoisotopic (exact) mass is 392 g/mol. The highest BCUT2D eigenvalue weighted by Crippen LogP contribution is 2.19. The summed E-state index contributed by atoms with van der Waals surface area (Å²) in [6.45, 7) is 3.53. The third-order valence-corrected chi connectivity index (χ3v) is 4.35. The van der Waals surface area contributed by atoms with Crippen molar-refractivity contribution in [1.29, 1.82) is 0 Å². The van der Waals surface area contributed by atoms with Gasteiger partial charge in [-0.1, -0.05) is 24.3 Å². The second-order valence-corrected chi connectivity index (χ2v) is 6.74. The Morgan fingerprint density at radius 2 is 2.00 bits per heavy atom. The molecule has 0 aliphatic heterocycles. The summed E-state index contributed by atoms with van der Waals surface area (Å²) in [5.74, 6) is -0.260. The number of hydrogen-bond donors (Lipinski definition) is 2. The molecule has 7 nitrogen and oxygen atoms in total. The number of amides is 2. The lowest BCUT2D eigenvalue weighted by molar-refractivity contribution is 0.0951. The number of para-hydroxylation sites is 1. The smallest absolute Gasteiger partial charge is 0.252 e. The maximum Gasteiger partial charge on any atom is 0.252 e. The van der Waals surface area contributed by atoms with E-state index in [2.05, 4.69) is 10.4 Å². The van der Waals surface area contributed by atoms with Gasteiger partial charge < -0.3 is 15.8 Å². The van der Waals surface area contributed by atoms with Gasteiger partial charge in [0.05, 0.1) is 11.8 Å². The first-order chi connectivity index (χ1) is 14.0. The number of carbonyl (C=O) groups excluding carboxylic acids is 2. The number of hydrogen-bond acceptors (Lipinski definition) is 4. The average Bonchev–Trinajstić information content (AvgIpc) is 3.15. The lowest BCUT2D eigenvalue weighted by atomic mass is 10.1. The van der Waals surface area contributed by atoms with Crippen LogP contribution >= 0.6 is 0 Å². The summed E-state index contributed by atoms with van der Waals surface area (Å²) in [7, 11) is 0. The molecule has 0 atom stereocenters. The summed E-state index contributed by atoms with van der Waals surface area (Å²) in [5, 5.41) is 7.14. The van der Waals surface area contributed by atoms with Crippen LogP contribution in [0.2, 0.25) is 0 Å². The van der Waals surface area contributed by atoms with E-state index in [9.17, 15) is 9.59 Å². The zero-order valence-electron chi connectivity index (χ0n) is 16.3. The fraction of sp³-hybridized carbons (Fsp3) is 0.227. The Bertz CT molecular complexity index is 997. The maximum atomic E-state index is 12.4. The number of ether oxygens (including phenoxy) is 1. The van der Waals surface area contributed by atoms with Crippen LogP contribution in [0.3, 0.4) is 0 Å². The van der Waals surface area contributed by atoms with Crippen LogP contribution < -0.4 is 15.8 Å². The molecule has 2 aromatic carbocycles. The predicted octanol–water partition coefficient (Wildman–Crippen LogP) is 2.69. The van der Waals surface area contributed by atoms with Crippen molar-refractivity contribution in [1.82, 2.24) is 15.1 Å². The lowest BCUT2D eigenvalue weighted by Crippen LogP contribution is -2.25. The number of benzene rings is 2. The highest BCUT2D eigenvalue weighted by atomic mass is 16.5. The molecule has 7 heteroatoms. The van der Waals surface area contributed by atoms with Crippen molar-refractivity contribution in [3.05, 3.63) is 83.2 Å². The van der Waals surface area contributed by atoms with Crippen LogP contribution in [0.5, 0.6) is 5.75 Å². The van der Waals surface area contributed by atoms with E-state index in [-0.39, 0.29) is 12.5 Å². The van der Waals surface area contributed by atoms with Gasteiger partial charge in [0.1, 0.15) is 12.4 Å². The molecule has 0 radical (unpaired) electrons. The van der Waals surface area contributed by atoms with Crippen molar-refractivity contribution in [3.63, 3.8) is 0 Å². The van der Waals surface area contributed by atoms with Crippen molar-refractivity contribution < 1.29 is 14.3 Å². The fourth-order valence-electron chi connectivity index (χ4n) is 2.89. The van der Waals surface area contributed by atoms with Crippen molar-refractivity contribution in [2.75, 3.05) is 6.54 Å². The van der Waals surface area contributed by atoms with Crippen molar-refractivity contribution in [2.45, 2.75) is 26.5 Å². The Balaban J connectivity index is 1.52. The lowest BCUT2D eigenvalue weighted by Gasteiger charge is -2.11. The zero-order valence-corrected chi connectivity index (χ0v) is 16.3. The molecule has 2 amide bonds. The summed E-state index contributed by atoms with van der Waals surface area (Å²) >= 11 is 0. The minimum Gasteiger partial charge on any atom is -0.488 e. The molecule has 0 aliphatic carbocycles. The number of aromatic nitrogens is 2. The van der Waals surface area contributed by atoms with Crippen LogP contribution in [0.4, 0.5) is 0 Å². The van der Waals surface area contributed by atoms with E-state index in [0.29, 0.717) is 23.4 Å². The van der Waals surface area contributed by atoms with Crippen LogP contribution in [0.15, 0.2) is 60.9 Å². The number of aryl methyl sites for hydroxylation is 2. The summed E-state index contributed by atoms with van der Waals surface area (Å²) in [6.07, 6.45) is 4.58. The number of carbonyl (C=O) groups is 2. The van der Waals surface area contributed by atoms with Gasteiger partial charge in [0, 0.05) is 24.8 Å². The molecule has 29 heavy (non-hydrogen) atoms. The molecular formula is C22H24N4O3. The second kappa shape index (κ2) is 9.54. The molecule has 0 aliphatic rings. The molecule has 1 aromatic heterocycles. The van der Waals surface area contributed by atoms with E-state index >= 15 is 0 Å². The van der Waals surface area contributed by atoms with Crippen LogP contribution in [0.25, 0.3) is 0 Å². The molecule has 3 N–H and O–H groups in total. The van der Waals surface area contributed by atoms with E-state index in [1.807, 2.05) is 30.1 Å². The number of primary amides is 1. The van der Waals surface area contributed by atoms with Gasteiger partial charge in [-0.3, -0.25) is 14.3 Å². The zero-order chi connectivity index (χ0) is 20.6. The van der Waals surface area contributed by atoms with Gasteiger partial charge >= 0.3 is 0 Å². The van der Waals surface area contributed by atoms with Gasteiger partial charge in [-0.05, 0) is 48.7 Å². The largest absolute Gasteiger partial charge is 0.488 e.